The van der Waals surface area contributed by atoms with E-state index >= 15 is 0 Å². The first-order valence-corrected chi connectivity index (χ1v) is 8.59. The standard InChI is InChI=1S/C19H19BrN2O/c1-18(2)15-9-4-5-10-17(15)22(3)19(18)12-16(21-23-19)13-7-6-8-14(20)11-13/h4-11H,12H2,1-3H3. The lowest BCUT2D eigenvalue weighted by Crippen LogP contribution is -2.54. The zero-order valence-electron chi connectivity index (χ0n) is 13.5. The number of fused-ring (bicyclic) bond motifs is 1. The van der Waals surface area contributed by atoms with Crippen molar-refractivity contribution in [3.8, 4) is 0 Å². The third-order valence-corrected chi connectivity index (χ3v) is 5.82. The highest BCUT2D eigenvalue weighted by Crippen LogP contribution is 2.55. The molecule has 0 bridgehead atoms. The van der Waals surface area contributed by atoms with Crippen LogP contribution in [0.25, 0.3) is 0 Å². The molecule has 118 valence electrons. The van der Waals surface area contributed by atoms with Crippen LogP contribution in [0.5, 0.6) is 0 Å². The van der Waals surface area contributed by atoms with E-state index < -0.39 is 5.72 Å². The van der Waals surface area contributed by atoms with E-state index in [0.717, 1.165) is 22.2 Å². The molecule has 2 aromatic carbocycles. The molecule has 2 aliphatic rings. The van der Waals surface area contributed by atoms with Gasteiger partial charge in [-0.2, -0.15) is 0 Å². The van der Waals surface area contributed by atoms with Gasteiger partial charge in [0, 0.05) is 22.8 Å². The molecular formula is C19H19BrN2O. The van der Waals surface area contributed by atoms with Gasteiger partial charge >= 0.3 is 0 Å². The molecule has 2 heterocycles. The van der Waals surface area contributed by atoms with E-state index in [2.05, 4.69) is 83.3 Å². The van der Waals surface area contributed by atoms with Gasteiger partial charge in [-0.15, -0.1) is 0 Å². The molecule has 0 N–H and O–H groups in total. The number of para-hydroxylation sites is 1. The maximum absolute atomic E-state index is 6.12. The van der Waals surface area contributed by atoms with Crippen LogP contribution in [0.1, 0.15) is 31.4 Å². The van der Waals surface area contributed by atoms with Crippen LogP contribution in [0.4, 0.5) is 5.69 Å². The van der Waals surface area contributed by atoms with Crippen LogP contribution in [0, 0.1) is 0 Å². The van der Waals surface area contributed by atoms with Crippen molar-refractivity contribution >= 4 is 27.3 Å². The van der Waals surface area contributed by atoms with Gasteiger partial charge in [0.2, 0.25) is 5.72 Å². The average molecular weight is 371 g/mol. The zero-order chi connectivity index (χ0) is 16.2. The Balaban J connectivity index is 1.75. The zero-order valence-corrected chi connectivity index (χ0v) is 15.1. The molecule has 4 rings (SSSR count). The second-order valence-corrected chi connectivity index (χ2v) is 7.72. The monoisotopic (exact) mass is 370 g/mol. The lowest BCUT2D eigenvalue weighted by molar-refractivity contribution is -0.0591. The Morgan fingerprint density at radius 2 is 1.91 bits per heavy atom. The predicted octanol–water partition coefficient (Wildman–Crippen LogP) is 4.70. The fourth-order valence-electron chi connectivity index (χ4n) is 3.88. The molecule has 0 amide bonds. The number of benzene rings is 2. The topological polar surface area (TPSA) is 24.8 Å². The van der Waals surface area contributed by atoms with E-state index in [-0.39, 0.29) is 5.41 Å². The minimum Gasteiger partial charge on any atom is -0.366 e. The SMILES string of the molecule is CN1c2ccccc2C(C)(C)C12CC(c1cccc(Br)c1)=NO2. The second-order valence-electron chi connectivity index (χ2n) is 6.80. The molecule has 3 nitrogen and oxygen atoms in total. The van der Waals surface area contributed by atoms with Crippen LogP contribution in [-0.4, -0.2) is 18.5 Å². The van der Waals surface area contributed by atoms with Gasteiger partial charge in [0.1, 0.15) is 0 Å². The largest absolute Gasteiger partial charge is 0.366 e. The highest BCUT2D eigenvalue weighted by Gasteiger charge is 2.61. The van der Waals surface area contributed by atoms with E-state index in [4.69, 9.17) is 4.84 Å². The first-order valence-electron chi connectivity index (χ1n) is 7.80. The Bertz CT molecular complexity index is 815. The van der Waals surface area contributed by atoms with E-state index in [1.807, 2.05) is 12.1 Å². The maximum atomic E-state index is 6.12. The fourth-order valence-corrected chi connectivity index (χ4v) is 4.28. The first-order chi connectivity index (χ1) is 11.0. The van der Waals surface area contributed by atoms with Crippen LogP contribution in [0.15, 0.2) is 58.2 Å². The molecule has 0 saturated heterocycles. The highest BCUT2D eigenvalue weighted by molar-refractivity contribution is 9.10. The molecule has 0 aromatic heterocycles. The molecule has 4 heteroatoms. The Labute approximate surface area is 145 Å². The van der Waals surface area contributed by atoms with Crippen molar-refractivity contribution < 1.29 is 4.84 Å². The summed E-state index contributed by atoms with van der Waals surface area (Å²) in [6.07, 6.45) is 0.766. The summed E-state index contributed by atoms with van der Waals surface area (Å²) in [5, 5.41) is 4.47. The van der Waals surface area contributed by atoms with Crippen molar-refractivity contribution in [3.05, 3.63) is 64.1 Å². The minimum atomic E-state index is -0.464. The number of hydrogen-bond donors (Lipinski definition) is 0. The van der Waals surface area contributed by atoms with Crippen molar-refractivity contribution in [1.29, 1.82) is 0 Å². The number of hydrogen-bond acceptors (Lipinski definition) is 3. The summed E-state index contributed by atoms with van der Waals surface area (Å²) in [4.78, 5) is 8.36. The van der Waals surface area contributed by atoms with Crippen molar-refractivity contribution in [2.75, 3.05) is 11.9 Å². The van der Waals surface area contributed by atoms with Crippen molar-refractivity contribution in [1.82, 2.24) is 0 Å². The Kier molecular flexibility index (Phi) is 3.11. The van der Waals surface area contributed by atoms with Crippen molar-refractivity contribution in [2.24, 2.45) is 5.16 Å². The quantitative estimate of drug-likeness (QED) is 0.726. The van der Waals surface area contributed by atoms with Crippen LogP contribution in [-0.2, 0) is 10.3 Å². The molecular weight excluding hydrogens is 352 g/mol. The van der Waals surface area contributed by atoms with Gasteiger partial charge in [-0.25, -0.2) is 0 Å². The molecule has 0 aliphatic carbocycles. The molecule has 1 unspecified atom stereocenters. The van der Waals surface area contributed by atoms with E-state index in [1.54, 1.807) is 0 Å². The number of oxime groups is 1. The molecule has 23 heavy (non-hydrogen) atoms. The lowest BCUT2D eigenvalue weighted by atomic mass is 9.75. The van der Waals surface area contributed by atoms with Crippen LogP contribution in [0.3, 0.4) is 0 Å². The summed E-state index contributed by atoms with van der Waals surface area (Å²) in [6, 6.07) is 16.8. The summed E-state index contributed by atoms with van der Waals surface area (Å²) >= 11 is 3.54. The normalized spacial score (nSPS) is 24.5. The Hall–Kier alpha value is -1.81. The maximum Gasteiger partial charge on any atom is 0.224 e. The number of anilines is 1. The smallest absolute Gasteiger partial charge is 0.224 e. The van der Waals surface area contributed by atoms with E-state index in [0.29, 0.717) is 0 Å². The van der Waals surface area contributed by atoms with Gasteiger partial charge in [0.05, 0.1) is 17.5 Å². The Morgan fingerprint density at radius 3 is 2.65 bits per heavy atom. The van der Waals surface area contributed by atoms with Gasteiger partial charge < -0.3 is 9.74 Å². The van der Waals surface area contributed by atoms with E-state index in [1.165, 1.54) is 11.3 Å². The minimum absolute atomic E-state index is 0.143. The van der Waals surface area contributed by atoms with Crippen molar-refractivity contribution in [2.45, 2.75) is 31.4 Å². The molecule has 1 atom stereocenters. The van der Waals surface area contributed by atoms with Crippen molar-refractivity contribution in [3.63, 3.8) is 0 Å². The molecule has 2 aliphatic heterocycles. The fraction of sp³-hybridized carbons (Fsp3) is 0.316. The first kappa shape index (κ1) is 14.8. The number of rotatable bonds is 1. The van der Waals surface area contributed by atoms with Crippen LogP contribution >= 0.6 is 15.9 Å². The summed E-state index contributed by atoms with van der Waals surface area (Å²) in [5.41, 5.74) is 4.04. The molecule has 0 fully saturated rings. The Morgan fingerprint density at radius 1 is 1.13 bits per heavy atom. The van der Waals surface area contributed by atoms with Crippen LogP contribution in [0.2, 0.25) is 0 Å². The van der Waals surface area contributed by atoms with Gasteiger partial charge in [-0.1, -0.05) is 51.4 Å². The molecule has 0 saturated carbocycles. The third kappa shape index (κ3) is 1.91. The summed E-state index contributed by atoms with van der Waals surface area (Å²) < 4.78 is 1.06. The third-order valence-electron chi connectivity index (χ3n) is 5.33. The van der Waals surface area contributed by atoms with Gasteiger partial charge in [-0.05, 0) is 37.6 Å². The molecule has 2 aromatic rings. The molecule has 1 spiro atoms. The summed E-state index contributed by atoms with van der Waals surface area (Å²) in [7, 11) is 2.10. The number of halogens is 1. The number of nitrogens with zero attached hydrogens (tertiary/aromatic N) is 2. The van der Waals surface area contributed by atoms with Gasteiger partial charge in [0.25, 0.3) is 0 Å². The van der Waals surface area contributed by atoms with Gasteiger partial charge in [-0.3, -0.25) is 0 Å². The van der Waals surface area contributed by atoms with Crippen LogP contribution < -0.4 is 4.90 Å². The average Bonchev–Trinajstić information content (AvgIpc) is 3.06. The van der Waals surface area contributed by atoms with Gasteiger partial charge in [0.15, 0.2) is 0 Å². The molecule has 0 radical (unpaired) electrons. The van der Waals surface area contributed by atoms with E-state index in [9.17, 15) is 0 Å². The second kappa shape index (κ2) is 4.84. The lowest BCUT2D eigenvalue weighted by Gasteiger charge is -2.40. The predicted molar refractivity (Wildman–Crippen MR) is 97.0 cm³/mol. The summed E-state index contributed by atoms with van der Waals surface area (Å²) in [5.74, 6) is 0. The highest BCUT2D eigenvalue weighted by atomic mass is 79.9. The summed E-state index contributed by atoms with van der Waals surface area (Å²) in [6.45, 7) is 4.49. The number of likely N-dealkylation sites (N-methyl/N-ethyl adjacent to an activating group) is 1.